The first-order valence-corrected chi connectivity index (χ1v) is 7.14. The summed E-state index contributed by atoms with van der Waals surface area (Å²) in [5.74, 6) is -1.15. The van der Waals surface area contributed by atoms with Crippen LogP contribution in [0.5, 0.6) is 0 Å². The maximum atomic E-state index is 12.2. The topological polar surface area (TPSA) is 66.4 Å². The van der Waals surface area contributed by atoms with E-state index in [0.29, 0.717) is 5.69 Å². The van der Waals surface area contributed by atoms with E-state index in [2.05, 4.69) is 5.32 Å². The van der Waals surface area contributed by atoms with Crippen molar-refractivity contribution in [3.8, 4) is 0 Å². The van der Waals surface area contributed by atoms with Crippen LogP contribution in [0.25, 0.3) is 0 Å². The predicted octanol–water partition coefficient (Wildman–Crippen LogP) is 3.85. The highest BCUT2D eigenvalue weighted by Crippen LogP contribution is 2.21. The normalized spacial score (nSPS) is 10.6. The van der Waals surface area contributed by atoms with Crippen LogP contribution >= 0.6 is 0 Å². The summed E-state index contributed by atoms with van der Waals surface area (Å²) in [4.78, 5) is 23.5. The Morgan fingerprint density at radius 1 is 1.20 bits per heavy atom. The van der Waals surface area contributed by atoms with Gasteiger partial charge in [0.15, 0.2) is 0 Å². The summed E-state index contributed by atoms with van der Waals surface area (Å²) in [7, 11) is 0. The Balaban J connectivity index is 2.91. The van der Waals surface area contributed by atoms with Crippen molar-refractivity contribution in [3.63, 3.8) is 0 Å². The molecule has 1 aromatic rings. The van der Waals surface area contributed by atoms with Crippen LogP contribution in [0.15, 0.2) is 18.2 Å². The minimum absolute atomic E-state index is 0.0482. The van der Waals surface area contributed by atoms with Crippen LogP contribution in [-0.2, 0) is 4.79 Å². The van der Waals surface area contributed by atoms with Gasteiger partial charge >= 0.3 is 5.97 Å². The lowest BCUT2D eigenvalue weighted by Gasteiger charge is -2.16. The second kappa shape index (κ2) is 7.68. The van der Waals surface area contributed by atoms with Crippen LogP contribution in [0.3, 0.4) is 0 Å². The van der Waals surface area contributed by atoms with Crippen LogP contribution < -0.4 is 5.32 Å². The molecule has 0 unspecified atom stereocenters. The van der Waals surface area contributed by atoms with Gasteiger partial charge < -0.3 is 10.4 Å². The van der Waals surface area contributed by atoms with E-state index in [1.807, 2.05) is 20.8 Å². The molecule has 0 bridgehead atoms. The Kier molecular flexibility index (Phi) is 6.22. The number of carboxylic acid groups (broad SMARTS) is 1. The van der Waals surface area contributed by atoms with Crippen LogP contribution in [-0.4, -0.2) is 17.0 Å². The summed E-state index contributed by atoms with van der Waals surface area (Å²) in [5.41, 5.74) is 1.38. The third-order valence-electron chi connectivity index (χ3n) is 3.31. The summed E-state index contributed by atoms with van der Waals surface area (Å²) < 4.78 is 0. The average Bonchev–Trinajstić information content (AvgIpc) is 2.40. The standard InChI is InChI=1S/C16H23NO3/c1-4-6-12(7-5-2)15(18)17-14-9-8-11(3)10-13(14)16(19)20/h8-10,12H,4-7H2,1-3H3,(H,17,18)(H,19,20). The van der Waals surface area contributed by atoms with E-state index in [1.165, 1.54) is 0 Å². The predicted molar refractivity (Wildman–Crippen MR) is 80.1 cm³/mol. The van der Waals surface area contributed by atoms with Crippen molar-refractivity contribution < 1.29 is 14.7 Å². The van der Waals surface area contributed by atoms with Gasteiger partial charge in [0, 0.05) is 5.92 Å². The van der Waals surface area contributed by atoms with Crippen molar-refractivity contribution in [2.75, 3.05) is 5.32 Å². The maximum absolute atomic E-state index is 12.2. The lowest BCUT2D eigenvalue weighted by molar-refractivity contribution is -0.120. The fourth-order valence-corrected chi connectivity index (χ4v) is 2.28. The molecule has 0 heterocycles. The van der Waals surface area contributed by atoms with Gasteiger partial charge in [-0.05, 0) is 31.9 Å². The lowest BCUT2D eigenvalue weighted by Crippen LogP contribution is -2.23. The number of amides is 1. The second-order valence-corrected chi connectivity index (χ2v) is 5.12. The van der Waals surface area contributed by atoms with Gasteiger partial charge in [0.05, 0.1) is 11.3 Å². The molecule has 0 saturated carbocycles. The smallest absolute Gasteiger partial charge is 0.337 e. The number of carbonyl (C=O) groups is 2. The van der Waals surface area contributed by atoms with Crippen molar-refractivity contribution >= 4 is 17.6 Å². The van der Waals surface area contributed by atoms with Crippen LogP contribution in [0.4, 0.5) is 5.69 Å². The van der Waals surface area contributed by atoms with Crippen LogP contribution in [0.1, 0.15) is 55.5 Å². The second-order valence-electron chi connectivity index (χ2n) is 5.12. The zero-order valence-corrected chi connectivity index (χ0v) is 12.4. The molecule has 4 nitrogen and oxygen atoms in total. The molecule has 1 amide bonds. The van der Waals surface area contributed by atoms with E-state index in [-0.39, 0.29) is 17.4 Å². The van der Waals surface area contributed by atoms with Gasteiger partial charge in [-0.25, -0.2) is 4.79 Å². The molecule has 0 radical (unpaired) electrons. The van der Waals surface area contributed by atoms with Gasteiger partial charge in [-0.15, -0.1) is 0 Å². The van der Waals surface area contributed by atoms with E-state index in [9.17, 15) is 14.7 Å². The summed E-state index contributed by atoms with van der Waals surface area (Å²) in [6.45, 7) is 5.92. The molecule has 1 rings (SSSR count). The molecule has 110 valence electrons. The zero-order valence-electron chi connectivity index (χ0n) is 12.4. The molecule has 0 aliphatic carbocycles. The number of rotatable bonds is 7. The zero-order chi connectivity index (χ0) is 15.1. The Hall–Kier alpha value is -1.84. The number of carboxylic acids is 1. The summed E-state index contributed by atoms with van der Waals surface area (Å²) >= 11 is 0. The number of anilines is 1. The van der Waals surface area contributed by atoms with Crippen molar-refractivity contribution in [1.82, 2.24) is 0 Å². The SMILES string of the molecule is CCCC(CCC)C(=O)Nc1ccc(C)cc1C(=O)O. The molecular formula is C16H23NO3. The quantitative estimate of drug-likeness (QED) is 0.795. The maximum Gasteiger partial charge on any atom is 0.337 e. The Labute approximate surface area is 120 Å². The third-order valence-corrected chi connectivity index (χ3v) is 3.31. The molecule has 0 aromatic heterocycles. The molecule has 0 aliphatic rings. The highest BCUT2D eigenvalue weighted by molar-refractivity contribution is 6.01. The number of nitrogens with one attached hydrogen (secondary N) is 1. The van der Waals surface area contributed by atoms with Crippen LogP contribution in [0, 0.1) is 12.8 Å². The van der Waals surface area contributed by atoms with Crippen molar-refractivity contribution in [1.29, 1.82) is 0 Å². The van der Waals surface area contributed by atoms with Gasteiger partial charge in [0.1, 0.15) is 0 Å². The molecule has 2 N–H and O–H groups in total. The lowest BCUT2D eigenvalue weighted by atomic mass is 9.97. The fourth-order valence-electron chi connectivity index (χ4n) is 2.28. The number of aromatic carboxylic acids is 1. The Bertz CT molecular complexity index is 477. The van der Waals surface area contributed by atoms with Gasteiger partial charge in [0.25, 0.3) is 0 Å². The van der Waals surface area contributed by atoms with E-state index in [4.69, 9.17) is 0 Å². The van der Waals surface area contributed by atoms with Gasteiger partial charge in [-0.2, -0.15) is 0 Å². The molecule has 0 spiro atoms. The highest BCUT2D eigenvalue weighted by atomic mass is 16.4. The number of hydrogen-bond donors (Lipinski definition) is 2. The summed E-state index contributed by atoms with van der Waals surface area (Å²) in [6, 6.07) is 5.04. The molecule has 0 atom stereocenters. The van der Waals surface area contributed by atoms with E-state index < -0.39 is 5.97 Å². The first kappa shape index (κ1) is 16.2. The molecule has 0 saturated heterocycles. The van der Waals surface area contributed by atoms with Crippen molar-refractivity contribution in [3.05, 3.63) is 29.3 Å². The first-order valence-electron chi connectivity index (χ1n) is 7.14. The molecule has 1 aromatic carbocycles. The Morgan fingerprint density at radius 2 is 1.80 bits per heavy atom. The molecule has 0 fully saturated rings. The summed E-state index contributed by atoms with van der Waals surface area (Å²) in [5, 5.41) is 12.0. The number of aryl methyl sites for hydroxylation is 1. The van der Waals surface area contributed by atoms with Crippen LogP contribution in [0.2, 0.25) is 0 Å². The van der Waals surface area contributed by atoms with Crippen molar-refractivity contribution in [2.45, 2.75) is 46.5 Å². The molecule has 4 heteroatoms. The first-order chi connectivity index (χ1) is 9.49. The third kappa shape index (κ3) is 4.37. The van der Waals surface area contributed by atoms with Crippen molar-refractivity contribution in [2.24, 2.45) is 5.92 Å². The largest absolute Gasteiger partial charge is 0.478 e. The molecular weight excluding hydrogens is 254 g/mol. The highest BCUT2D eigenvalue weighted by Gasteiger charge is 2.19. The molecule has 0 aliphatic heterocycles. The van der Waals surface area contributed by atoms with E-state index >= 15 is 0 Å². The average molecular weight is 277 g/mol. The molecule has 20 heavy (non-hydrogen) atoms. The monoisotopic (exact) mass is 277 g/mol. The number of benzene rings is 1. The number of hydrogen-bond acceptors (Lipinski definition) is 2. The van der Waals surface area contributed by atoms with E-state index in [1.54, 1.807) is 18.2 Å². The number of carbonyl (C=O) groups excluding carboxylic acids is 1. The van der Waals surface area contributed by atoms with E-state index in [0.717, 1.165) is 31.2 Å². The Morgan fingerprint density at radius 3 is 2.30 bits per heavy atom. The van der Waals surface area contributed by atoms with Gasteiger partial charge in [-0.3, -0.25) is 4.79 Å². The summed E-state index contributed by atoms with van der Waals surface area (Å²) in [6.07, 6.45) is 3.54. The fraction of sp³-hybridized carbons (Fsp3) is 0.500. The van der Waals surface area contributed by atoms with Gasteiger partial charge in [0.2, 0.25) is 5.91 Å². The van der Waals surface area contributed by atoms with Gasteiger partial charge in [-0.1, -0.05) is 38.3 Å². The minimum Gasteiger partial charge on any atom is -0.478 e. The minimum atomic E-state index is -1.02.